The highest BCUT2D eigenvalue weighted by Gasteiger charge is 2.31. The molecule has 1 amide bonds. The topological polar surface area (TPSA) is 35.6 Å². The Labute approximate surface area is 191 Å². The monoisotopic (exact) mass is 453 g/mol. The molecule has 4 rings (SSSR count). The molecule has 1 aliphatic rings. The molecular formula is C26H26F3N3O. The van der Waals surface area contributed by atoms with Crippen molar-refractivity contribution in [1.82, 2.24) is 4.90 Å². The summed E-state index contributed by atoms with van der Waals surface area (Å²) < 4.78 is 39.0. The van der Waals surface area contributed by atoms with Gasteiger partial charge in [-0.05, 0) is 29.8 Å². The van der Waals surface area contributed by atoms with Crippen LogP contribution in [0.2, 0.25) is 0 Å². The lowest BCUT2D eigenvalue weighted by molar-refractivity contribution is -0.137. The van der Waals surface area contributed by atoms with Crippen LogP contribution in [0.3, 0.4) is 0 Å². The highest BCUT2D eigenvalue weighted by atomic mass is 19.4. The molecule has 33 heavy (non-hydrogen) atoms. The molecule has 1 aliphatic heterocycles. The molecule has 0 aromatic heterocycles. The van der Waals surface area contributed by atoms with Crippen LogP contribution in [0.5, 0.6) is 0 Å². The molecule has 4 nitrogen and oxygen atoms in total. The molecule has 1 N–H and O–H groups in total. The number of alkyl halides is 3. The number of anilines is 2. The van der Waals surface area contributed by atoms with Crippen LogP contribution in [0.1, 0.15) is 12.0 Å². The van der Waals surface area contributed by atoms with Crippen LogP contribution in [-0.4, -0.2) is 43.5 Å². The average molecular weight is 454 g/mol. The van der Waals surface area contributed by atoms with Gasteiger partial charge in [0, 0.05) is 56.1 Å². The summed E-state index contributed by atoms with van der Waals surface area (Å²) in [5.41, 5.74) is 2.75. The van der Waals surface area contributed by atoms with Gasteiger partial charge in [0.15, 0.2) is 0 Å². The van der Waals surface area contributed by atoms with E-state index in [1.165, 1.54) is 12.1 Å². The molecule has 0 aliphatic carbocycles. The van der Waals surface area contributed by atoms with Gasteiger partial charge >= 0.3 is 6.18 Å². The number of hydrogen-bond donors (Lipinski definition) is 1. The van der Waals surface area contributed by atoms with Crippen LogP contribution in [0.15, 0.2) is 78.9 Å². The second-order valence-corrected chi connectivity index (χ2v) is 8.09. The first-order chi connectivity index (χ1) is 15.9. The molecule has 0 bridgehead atoms. The van der Waals surface area contributed by atoms with Gasteiger partial charge < -0.3 is 10.2 Å². The summed E-state index contributed by atoms with van der Waals surface area (Å²) in [6.45, 7) is 3.25. The minimum Gasteiger partial charge on any atom is -0.369 e. The predicted molar refractivity (Wildman–Crippen MR) is 125 cm³/mol. The van der Waals surface area contributed by atoms with Crippen molar-refractivity contribution in [1.29, 1.82) is 0 Å². The highest BCUT2D eigenvalue weighted by molar-refractivity contribution is 5.95. The fourth-order valence-corrected chi connectivity index (χ4v) is 4.04. The van der Waals surface area contributed by atoms with E-state index in [1.54, 1.807) is 6.07 Å². The largest absolute Gasteiger partial charge is 0.416 e. The lowest BCUT2D eigenvalue weighted by atomic mass is 10.0. The fraction of sp³-hybridized carbons (Fsp3) is 0.269. The molecule has 3 aromatic carbocycles. The van der Waals surface area contributed by atoms with Gasteiger partial charge in [0.25, 0.3) is 0 Å². The van der Waals surface area contributed by atoms with Crippen molar-refractivity contribution < 1.29 is 18.0 Å². The molecule has 172 valence electrons. The number of rotatable bonds is 6. The Balaban J connectivity index is 1.28. The lowest BCUT2D eigenvalue weighted by Gasteiger charge is -2.36. The summed E-state index contributed by atoms with van der Waals surface area (Å²) in [5, 5.41) is 3.02. The van der Waals surface area contributed by atoms with Gasteiger partial charge in [0.05, 0.1) is 5.56 Å². The second kappa shape index (κ2) is 10.1. The lowest BCUT2D eigenvalue weighted by Crippen LogP contribution is -2.47. The Kier molecular flexibility index (Phi) is 6.99. The smallest absolute Gasteiger partial charge is 0.369 e. The summed E-state index contributed by atoms with van der Waals surface area (Å²) >= 11 is 0. The molecule has 1 fully saturated rings. The Bertz CT molecular complexity index is 1080. The van der Waals surface area contributed by atoms with Gasteiger partial charge in [-0.25, -0.2) is 0 Å². The number of piperazine rings is 1. The number of nitrogens with zero attached hydrogens (tertiary/aromatic N) is 2. The fourth-order valence-electron chi connectivity index (χ4n) is 4.04. The quantitative estimate of drug-likeness (QED) is 0.534. The number of para-hydroxylation sites is 1. The van der Waals surface area contributed by atoms with E-state index in [0.29, 0.717) is 44.8 Å². The zero-order chi connectivity index (χ0) is 23.3. The van der Waals surface area contributed by atoms with E-state index in [2.05, 4.69) is 10.2 Å². The van der Waals surface area contributed by atoms with Crippen molar-refractivity contribution in [2.75, 3.05) is 42.9 Å². The summed E-state index contributed by atoms with van der Waals surface area (Å²) in [6, 6.07) is 23.1. The van der Waals surface area contributed by atoms with Crippen LogP contribution in [0.25, 0.3) is 11.1 Å². The molecule has 3 aromatic rings. The summed E-state index contributed by atoms with van der Waals surface area (Å²) in [4.78, 5) is 16.7. The van der Waals surface area contributed by atoms with Crippen LogP contribution in [-0.2, 0) is 11.0 Å². The highest BCUT2D eigenvalue weighted by Crippen LogP contribution is 2.32. The van der Waals surface area contributed by atoms with Gasteiger partial charge in [-0.1, -0.05) is 54.6 Å². The van der Waals surface area contributed by atoms with E-state index >= 15 is 0 Å². The van der Waals surface area contributed by atoms with Crippen LogP contribution in [0.4, 0.5) is 24.5 Å². The number of carbonyl (C=O) groups excluding carboxylic acids is 1. The molecule has 7 heteroatoms. The van der Waals surface area contributed by atoms with Crippen molar-refractivity contribution in [3.05, 3.63) is 84.4 Å². The molecule has 0 radical (unpaired) electrons. The Morgan fingerprint density at radius 3 is 2.27 bits per heavy atom. The molecular weight excluding hydrogens is 427 g/mol. The maximum absolute atomic E-state index is 13.0. The van der Waals surface area contributed by atoms with Gasteiger partial charge in [0.1, 0.15) is 0 Å². The van der Waals surface area contributed by atoms with Crippen LogP contribution in [0, 0.1) is 0 Å². The van der Waals surface area contributed by atoms with Crippen molar-refractivity contribution in [2.24, 2.45) is 0 Å². The molecule has 0 unspecified atom stereocenters. The first-order valence-corrected chi connectivity index (χ1v) is 11.0. The van der Waals surface area contributed by atoms with E-state index in [4.69, 9.17) is 0 Å². The van der Waals surface area contributed by atoms with E-state index in [-0.39, 0.29) is 5.91 Å². The third kappa shape index (κ3) is 5.93. The molecule has 1 heterocycles. The third-order valence-electron chi connectivity index (χ3n) is 5.85. The number of carbonyl (C=O) groups is 1. The summed E-state index contributed by atoms with van der Waals surface area (Å²) in [6.07, 6.45) is -3.99. The van der Waals surface area contributed by atoms with Crippen LogP contribution >= 0.6 is 0 Å². The Morgan fingerprint density at radius 1 is 0.848 bits per heavy atom. The first-order valence-electron chi connectivity index (χ1n) is 11.0. The maximum Gasteiger partial charge on any atom is 0.416 e. The minimum atomic E-state index is -4.34. The summed E-state index contributed by atoms with van der Waals surface area (Å²) in [5.74, 6) is -0.0568. The van der Waals surface area contributed by atoms with Crippen molar-refractivity contribution in [3.8, 4) is 11.1 Å². The molecule has 1 saturated heterocycles. The van der Waals surface area contributed by atoms with Crippen molar-refractivity contribution in [2.45, 2.75) is 12.6 Å². The number of benzene rings is 3. The van der Waals surface area contributed by atoms with Gasteiger partial charge in [-0.2, -0.15) is 13.2 Å². The summed E-state index contributed by atoms with van der Waals surface area (Å²) in [7, 11) is 0. The second-order valence-electron chi connectivity index (χ2n) is 8.09. The SMILES string of the molecule is O=C(CCN1CCN(c2cccc(C(F)(F)F)c2)CC1)Nc1ccccc1-c1ccccc1. The maximum atomic E-state index is 13.0. The number of hydrogen-bond acceptors (Lipinski definition) is 3. The molecule has 0 atom stereocenters. The van der Waals surface area contributed by atoms with E-state index in [9.17, 15) is 18.0 Å². The van der Waals surface area contributed by atoms with E-state index in [1.807, 2.05) is 59.5 Å². The van der Waals surface area contributed by atoms with Gasteiger partial charge in [-0.3, -0.25) is 9.69 Å². The van der Waals surface area contributed by atoms with E-state index in [0.717, 1.165) is 22.9 Å². The Hall–Kier alpha value is -3.32. The number of halogens is 3. The molecule has 0 saturated carbocycles. The third-order valence-corrected chi connectivity index (χ3v) is 5.85. The number of amides is 1. The van der Waals surface area contributed by atoms with E-state index < -0.39 is 11.7 Å². The van der Waals surface area contributed by atoms with Crippen molar-refractivity contribution >= 4 is 17.3 Å². The van der Waals surface area contributed by atoms with Gasteiger partial charge in [-0.15, -0.1) is 0 Å². The zero-order valence-electron chi connectivity index (χ0n) is 18.2. The first kappa shape index (κ1) is 22.9. The van der Waals surface area contributed by atoms with Crippen LogP contribution < -0.4 is 10.2 Å². The minimum absolute atomic E-state index is 0.0568. The normalized spacial score (nSPS) is 14.8. The van der Waals surface area contributed by atoms with Gasteiger partial charge in [0.2, 0.25) is 5.91 Å². The Morgan fingerprint density at radius 2 is 1.55 bits per heavy atom. The molecule has 0 spiro atoms. The zero-order valence-corrected chi connectivity index (χ0v) is 18.2. The standard InChI is InChI=1S/C26H26F3N3O/c27-26(28,29)21-9-6-10-22(19-21)32-17-15-31(16-18-32)14-13-25(33)30-24-12-5-4-11-23(24)20-7-2-1-3-8-20/h1-12,19H,13-18H2,(H,30,33). The number of nitrogens with one attached hydrogen (secondary N) is 1. The predicted octanol–water partition coefficient (Wildman–Crippen LogP) is 5.52. The van der Waals surface area contributed by atoms with Crippen molar-refractivity contribution in [3.63, 3.8) is 0 Å². The average Bonchev–Trinajstić information content (AvgIpc) is 2.83.